The van der Waals surface area contributed by atoms with Gasteiger partial charge in [0.2, 0.25) is 10.9 Å². The maximum absolute atomic E-state index is 13.5. The molecule has 0 saturated carbocycles. The molecule has 1 saturated heterocycles. The number of carbonyl (C=O) groups excluding carboxylic acids is 1. The van der Waals surface area contributed by atoms with Crippen molar-refractivity contribution in [3.8, 4) is 17.3 Å². The van der Waals surface area contributed by atoms with Gasteiger partial charge in [-0.2, -0.15) is 18.3 Å². The number of hydrogen-bond donors (Lipinski definition) is 0. The lowest BCUT2D eigenvalue weighted by Gasteiger charge is -2.40. The Balaban J connectivity index is 1.55. The molecule has 0 spiro atoms. The highest BCUT2D eigenvalue weighted by Gasteiger charge is 2.38. The van der Waals surface area contributed by atoms with Crippen LogP contribution in [0.1, 0.15) is 18.9 Å². The van der Waals surface area contributed by atoms with Crippen molar-refractivity contribution in [2.45, 2.75) is 32.6 Å². The van der Waals surface area contributed by atoms with Crippen molar-refractivity contribution in [1.29, 1.82) is 0 Å². The third-order valence-electron chi connectivity index (χ3n) is 5.16. The van der Waals surface area contributed by atoms with E-state index in [-0.39, 0.29) is 30.2 Å². The monoisotopic (exact) mass is 515 g/mol. The smallest absolute Gasteiger partial charge is 0.443 e. The minimum Gasteiger partial charge on any atom is -0.464 e. The zero-order chi connectivity index (χ0) is 24.5. The Labute approximate surface area is 202 Å². The van der Waals surface area contributed by atoms with Crippen molar-refractivity contribution in [1.82, 2.24) is 29.6 Å². The Morgan fingerprint density at radius 3 is 2.59 bits per heavy atom. The number of nitrogens with zero attached hydrogens (tertiary/aromatic N) is 7. The molecule has 1 aliphatic heterocycles. The molecule has 1 amide bonds. The van der Waals surface area contributed by atoms with Gasteiger partial charge in [-0.1, -0.05) is 22.9 Å². The lowest BCUT2D eigenvalue weighted by molar-refractivity contribution is -0.137. The number of rotatable bonds is 6. The summed E-state index contributed by atoms with van der Waals surface area (Å²) in [5.74, 6) is -0.146. The van der Waals surface area contributed by atoms with Crippen LogP contribution in [0, 0.1) is 0 Å². The number of aromatic nitrogens is 5. The van der Waals surface area contributed by atoms with Crippen molar-refractivity contribution >= 4 is 33.8 Å². The van der Waals surface area contributed by atoms with Crippen LogP contribution in [-0.2, 0) is 17.5 Å². The number of carbonyl (C=O) groups is 1. The van der Waals surface area contributed by atoms with Gasteiger partial charge in [-0.15, -0.1) is 0 Å². The van der Waals surface area contributed by atoms with Crippen molar-refractivity contribution in [3.63, 3.8) is 0 Å². The first-order valence-electron chi connectivity index (χ1n) is 10.4. The third-order valence-corrected chi connectivity index (χ3v) is 6.52. The van der Waals surface area contributed by atoms with E-state index in [1.165, 1.54) is 23.3 Å². The molecular weight excluding hydrogens is 495 g/mol. The van der Waals surface area contributed by atoms with Gasteiger partial charge in [0, 0.05) is 49.8 Å². The van der Waals surface area contributed by atoms with Gasteiger partial charge in [-0.25, -0.2) is 15.0 Å². The van der Waals surface area contributed by atoms with Gasteiger partial charge >= 0.3 is 12.2 Å². The maximum atomic E-state index is 13.5. The molecule has 4 heterocycles. The van der Waals surface area contributed by atoms with Gasteiger partial charge in [0.05, 0.1) is 17.8 Å². The Morgan fingerprint density at radius 2 is 2.00 bits per heavy atom. The maximum Gasteiger partial charge on any atom is 0.443 e. The van der Waals surface area contributed by atoms with Gasteiger partial charge in [0.15, 0.2) is 0 Å². The molecule has 9 nitrogen and oxygen atoms in total. The van der Waals surface area contributed by atoms with Gasteiger partial charge in [-0.3, -0.25) is 9.48 Å². The van der Waals surface area contributed by atoms with E-state index in [4.69, 9.17) is 16.3 Å². The number of thiazole rings is 1. The van der Waals surface area contributed by atoms with Gasteiger partial charge in [0.1, 0.15) is 17.2 Å². The normalized spacial score (nSPS) is 16.7. The predicted octanol–water partition coefficient (Wildman–Crippen LogP) is 3.60. The summed E-state index contributed by atoms with van der Waals surface area (Å²) in [6.07, 6.45) is 1.22. The summed E-state index contributed by atoms with van der Waals surface area (Å²) in [6, 6.07) is -0.105. The van der Waals surface area contributed by atoms with Crippen molar-refractivity contribution in [2.24, 2.45) is 0 Å². The van der Waals surface area contributed by atoms with Crippen LogP contribution in [0.15, 0.2) is 24.8 Å². The van der Waals surface area contributed by atoms with Crippen LogP contribution in [0.4, 0.5) is 18.2 Å². The summed E-state index contributed by atoms with van der Waals surface area (Å²) in [6.45, 7) is 5.06. The van der Waals surface area contributed by atoms with Crippen molar-refractivity contribution in [3.05, 3.63) is 34.8 Å². The summed E-state index contributed by atoms with van der Waals surface area (Å²) in [5, 5.41) is 3.86. The highest BCUT2D eigenvalue weighted by molar-refractivity contribution is 7.16. The first kappa shape index (κ1) is 24.2. The summed E-state index contributed by atoms with van der Waals surface area (Å²) in [7, 11) is 0. The molecule has 1 atom stereocenters. The first-order chi connectivity index (χ1) is 16.2. The second kappa shape index (κ2) is 9.74. The fourth-order valence-electron chi connectivity index (χ4n) is 3.64. The van der Waals surface area contributed by atoms with E-state index in [1.54, 1.807) is 18.0 Å². The third kappa shape index (κ3) is 5.25. The fourth-order valence-corrected chi connectivity index (χ4v) is 4.79. The highest BCUT2D eigenvalue weighted by atomic mass is 35.5. The van der Waals surface area contributed by atoms with Gasteiger partial charge in [0.25, 0.3) is 0 Å². The average Bonchev–Trinajstić information content (AvgIpc) is 3.41. The molecule has 0 unspecified atom stereocenters. The molecule has 1 fully saturated rings. The molecule has 1 aliphatic rings. The summed E-state index contributed by atoms with van der Waals surface area (Å²) < 4.78 is 47.1. The number of alkyl halides is 3. The standard InChI is InChI=1S/C20H21ClF3N7O2S/c1-3-33-19-25-6-13(7-26-19)16-17(34-18(28-16)20(22,23)24)29-4-5-31(12(2)9-29)15(32)11-30-10-14(21)8-27-30/h6-8,10,12H,3-5,9,11H2,1-2H3/t12-/m1/s1. The lowest BCUT2D eigenvalue weighted by atomic mass is 10.1. The number of ether oxygens (including phenoxy) is 1. The Kier molecular flexibility index (Phi) is 6.94. The highest BCUT2D eigenvalue weighted by Crippen LogP contribution is 2.43. The molecular formula is C20H21ClF3N7O2S. The van der Waals surface area contributed by atoms with Gasteiger partial charge in [-0.05, 0) is 13.8 Å². The summed E-state index contributed by atoms with van der Waals surface area (Å²) >= 11 is 6.42. The molecule has 4 rings (SSSR count). The van der Waals surface area contributed by atoms with Crippen LogP contribution in [0.5, 0.6) is 6.01 Å². The lowest BCUT2D eigenvalue weighted by Crippen LogP contribution is -2.54. The van der Waals surface area contributed by atoms with Crippen LogP contribution >= 0.6 is 22.9 Å². The molecule has 182 valence electrons. The van der Waals surface area contributed by atoms with Crippen LogP contribution in [0.3, 0.4) is 0 Å². The van der Waals surface area contributed by atoms with E-state index in [9.17, 15) is 18.0 Å². The second-order valence-electron chi connectivity index (χ2n) is 7.60. The minimum absolute atomic E-state index is 0.0323. The summed E-state index contributed by atoms with van der Waals surface area (Å²) in [5.41, 5.74) is 0.505. The average molecular weight is 516 g/mol. The zero-order valence-electron chi connectivity index (χ0n) is 18.3. The Bertz CT molecular complexity index is 1150. The zero-order valence-corrected chi connectivity index (χ0v) is 19.9. The van der Waals surface area contributed by atoms with Crippen LogP contribution in [0.25, 0.3) is 11.3 Å². The van der Waals surface area contributed by atoms with E-state index in [0.29, 0.717) is 53.2 Å². The van der Waals surface area contributed by atoms with Crippen molar-refractivity contribution in [2.75, 3.05) is 31.1 Å². The molecule has 34 heavy (non-hydrogen) atoms. The van der Waals surface area contributed by atoms with E-state index in [0.717, 1.165) is 0 Å². The number of anilines is 1. The molecule has 0 radical (unpaired) electrons. The first-order valence-corrected chi connectivity index (χ1v) is 11.6. The topological polar surface area (TPSA) is 89.3 Å². The Morgan fingerprint density at radius 1 is 1.26 bits per heavy atom. The number of hydrogen-bond acceptors (Lipinski definition) is 8. The molecule has 0 aromatic carbocycles. The summed E-state index contributed by atoms with van der Waals surface area (Å²) in [4.78, 5) is 28.2. The quantitative estimate of drug-likeness (QED) is 0.495. The molecule has 0 N–H and O–H groups in total. The molecule has 3 aromatic rings. The number of piperazine rings is 1. The molecule has 14 heteroatoms. The Hall–Kier alpha value is -2.93. The predicted molar refractivity (Wildman–Crippen MR) is 120 cm³/mol. The van der Waals surface area contributed by atoms with Crippen molar-refractivity contribution < 1.29 is 22.7 Å². The van der Waals surface area contributed by atoms with Crippen LogP contribution < -0.4 is 9.64 Å². The SMILES string of the molecule is CCOc1ncc(-c2nc(C(F)(F)F)sc2N2CCN(C(=O)Cn3cc(Cl)cn3)[C@H](C)C2)cn1. The molecule has 0 aliphatic carbocycles. The number of halogens is 4. The second-order valence-corrected chi connectivity index (χ2v) is 9.01. The molecule has 0 bridgehead atoms. The van der Waals surface area contributed by atoms with Crippen LogP contribution in [-0.4, -0.2) is 67.8 Å². The largest absolute Gasteiger partial charge is 0.464 e. The number of amides is 1. The van der Waals surface area contributed by atoms with E-state index >= 15 is 0 Å². The van der Waals surface area contributed by atoms with E-state index in [1.807, 2.05) is 11.8 Å². The van der Waals surface area contributed by atoms with E-state index in [2.05, 4.69) is 20.1 Å². The minimum atomic E-state index is -4.59. The van der Waals surface area contributed by atoms with E-state index < -0.39 is 11.2 Å². The molecule has 3 aromatic heterocycles. The fraction of sp³-hybridized carbons (Fsp3) is 0.450. The van der Waals surface area contributed by atoms with Crippen LogP contribution in [0.2, 0.25) is 5.02 Å². The van der Waals surface area contributed by atoms with Gasteiger partial charge < -0.3 is 14.5 Å².